The molecule has 3 aromatic heterocycles. The van der Waals surface area contributed by atoms with Crippen LogP contribution in [0.4, 0.5) is 4.39 Å². The molecule has 5 nitrogen and oxygen atoms in total. The summed E-state index contributed by atoms with van der Waals surface area (Å²) in [5.41, 5.74) is 1.30. The molecule has 0 fully saturated rings. The largest absolute Gasteiger partial charge is 0.346 e. The first-order valence-corrected chi connectivity index (χ1v) is 7.35. The molecule has 0 spiro atoms. The fourth-order valence-corrected chi connectivity index (χ4v) is 2.68. The molecule has 22 heavy (non-hydrogen) atoms. The zero-order valence-electron chi connectivity index (χ0n) is 11.4. The predicted octanol–water partition coefficient (Wildman–Crippen LogP) is 2.67. The van der Waals surface area contributed by atoms with Gasteiger partial charge in [-0.1, -0.05) is 6.07 Å². The van der Waals surface area contributed by atoms with Gasteiger partial charge in [0.2, 0.25) is 0 Å². The van der Waals surface area contributed by atoms with Crippen molar-refractivity contribution in [3.05, 3.63) is 65.4 Å². The highest BCUT2D eigenvalue weighted by Gasteiger charge is 2.13. The highest BCUT2D eigenvalue weighted by molar-refractivity contribution is 7.13. The lowest BCUT2D eigenvalue weighted by Gasteiger charge is -2.08. The van der Waals surface area contributed by atoms with E-state index in [0.717, 1.165) is 11.1 Å². The number of carbonyl (C=O) groups is 1. The number of halogens is 1. The predicted molar refractivity (Wildman–Crippen MR) is 80.7 cm³/mol. The van der Waals surface area contributed by atoms with E-state index in [1.807, 2.05) is 17.5 Å². The third-order valence-corrected chi connectivity index (χ3v) is 3.84. The maximum absolute atomic E-state index is 13.5. The molecular weight excluding hydrogens is 303 g/mol. The topological polar surface area (TPSA) is 67.8 Å². The monoisotopic (exact) mass is 314 g/mol. The second kappa shape index (κ2) is 6.40. The number of carbonyl (C=O) groups excluding carboxylic acids is 1. The summed E-state index contributed by atoms with van der Waals surface area (Å²) in [6.45, 7) is 0.168. The summed E-state index contributed by atoms with van der Waals surface area (Å²) < 4.78 is 13.5. The maximum Gasteiger partial charge on any atom is 0.254 e. The van der Waals surface area contributed by atoms with Crippen LogP contribution in [0.5, 0.6) is 0 Å². The number of amides is 1. The molecule has 0 aliphatic heterocycles. The van der Waals surface area contributed by atoms with E-state index in [1.165, 1.54) is 23.6 Å². The molecule has 3 rings (SSSR count). The van der Waals surface area contributed by atoms with Gasteiger partial charge in [0.15, 0.2) is 5.82 Å². The number of nitrogens with zero attached hydrogens (tertiary/aromatic N) is 3. The zero-order valence-corrected chi connectivity index (χ0v) is 12.2. The Morgan fingerprint density at radius 2 is 2.09 bits per heavy atom. The van der Waals surface area contributed by atoms with E-state index < -0.39 is 11.7 Å². The number of hydrogen-bond acceptors (Lipinski definition) is 5. The van der Waals surface area contributed by atoms with Gasteiger partial charge in [0, 0.05) is 18.6 Å². The first kappa shape index (κ1) is 14.3. The lowest BCUT2D eigenvalue weighted by Crippen LogP contribution is -2.24. The molecule has 0 saturated heterocycles. The molecule has 1 N–H and O–H groups in total. The Morgan fingerprint density at radius 1 is 1.23 bits per heavy atom. The number of pyridine rings is 1. The van der Waals surface area contributed by atoms with Crippen LogP contribution >= 0.6 is 11.3 Å². The lowest BCUT2D eigenvalue weighted by atomic mass is 10.2. The van der Waals surface area contributed by atoms with Gasteiger partial charge in [0.25, 0.3) is 5.91 Å². The molecule has 7 heteroatoms. The van der Waals surface area contributed by atoms with Crippen molar-refractivity contribution in [3.8, 4) is 10.6 Å². The van der Waals surface area contributed by atoms with Crippen molar-refractivity contribution in [2.24, 2.45) is 0 Å². The second-order valence-corrected chi connectivity index (χ2v) is 5.31. The van der Waals surface area contributed by atoms with Crippen LogP contribution in [0.15, 0.2) is 48.4 Å². The van der Waals surface area contributed by atoms with Gasteiger partial charge in [0.05, 0.1) is 28.9 Å². The van der Waals surface area contributed by atoms with Crippen LogP contribution in [0.2, 0.25) is 0 Å². The summed E-state index contributed by atoms with van der Waals surface area (Å²) in [6.07, 6.45) is 5.54. The van der Waals surface area contributed by atoms with Crippen molar-refractivity contribution in [3.63, 3.8) is 0 Å². The molecule has 0 saturated carbocycles. The van der Waals surface area contributed by atoms with Crippen LogP contribution in [0, 0.1) is 5.82 Å². The third kappa shape index (κ3) is 2.99. The molecule has 1 amide bonds. The first-order valence-electron chi connectivity index (χ1n) is 6.47. The fourth-order valence-electron chi connectivity index (χ4n) is 1.93. The van der Waals surface area contributed by atoms with Gasteiger partial charge in [-0.15, -0.1) is 11.3 Å². The summed E-state index contributed by atoms with van der Waals surface area (Å²) >= 11 is 1.54. The van der Waals surface area contributed by atoms with E-state index >= 15 is 0 Å². The molecule has 0 aromatic carbocycles. The van der Waals surface area contributed by atoms with Crippen LogP contribution < -0.4 is 5.32 Å². The van der Waals surface area contributed by atoms with E-state index in [0.29, 0.717) is 11.4 Å². The van der Waals surface area contributed by atoms with Crippen molar-refractivity contribution in [2.75, 3.05) is 0 Å². The highest BCUT2D eigenvalue weighted by atomic mass is 32.1. The Kier molecular flexibility index (Phi) is 4.15. The Balaban J connectivity index is 1.78. The zero-order chi connectivity index (χ0) is 15.4. The standard InChI is InChI=1S/C15H11FN4OS/c16-11-8-17-4-3-10(11)15(21)20-9-12-14(19-6-5-18-12)13-2-1-7-22-13/h1-8H,9H2,(H,20,21). The normalized spacial score (nSPS) is 10.4. The van der Waals surface area contributed by atoms with E-state index in [9.17, 15) is 9.18 Å². The number of hydrogen-bond donors (Lipinski definition) is 1. The van der Waals surface area contributed by atoms with Crippen molar-refractivity contribution < 1.29 is 9.18 Å². The number of nitrogens with one attached hydrogen (secondary N) is 1. The minimum absolute atomic E-state index is 0.0448. The summed E-state index contributed by atoms with van der Waals surface area (Å²) in [4.78, 5) is 25.1. The number of aromatic nitrogens is 3. The molecule has 110 valence electrons. The minimum Gasteiger partial charge on any atom is -0.346 e. The molecule has 3 aromatic rings. The number of rotatable bonds is 4. The van der Waals surface area contributed by atoms with Gasteiger partial charge in [0.1, 0.15) is 5.69 Å². The number of thiophene rings is 1. The van der Waals surface area contributed by atoms with Crippen LogP contribution in [0.25, 0.3) is 10.6 Å². The molecule has 3 heterocycles. The van der Waals surface area contributed by atoms with Gasteiger partial charge in [-0.2, -0.15) is 0 Å². The van der Waals surface area contributed by atoms with Gasteiger partial charge in [-0.3, -0.25) is 19.7 Å². The highest BCUT2D eigenvalue weighted by Crippen LogP contribution is 2.24. The Bertz CT molecular complexity index is 792. The van der Waals surface area contributed by atoms with Crippen molar-refractivity contribution in [1.82, 2.24) is 20.3 Å². The van der Waals surface area contributed by atoms with Crippen LogP contribution in [-0.2, 0) is 6.54 Å². The second-order valence-electron chi connectivity index (χ2n) is 4.37. The Labute approximate surface area is 129 Å². The van der Waals surface area contributed by atoms with Crippen molar-refractivity contribution in [2.45, 2.75) is 6.54 Å². The summed E-state index contributed by atoms with van der Waals surface area (Å²) in [6, 6.07) is 5.19. The maximum atomic E-state index is 13.5. The Morgan fingerprint density at radius 3 is 2.86 bits per heavy atom. The third-order valence-electron chi connectivity index (χ3n) is 2.96. The molecule has 0 aliphatic rings. The van der Waals surface area contributed by atoms with Gasteiger partial charge < -0.3 is 5.32 Å². The molecule has 0 aliphatic carbocycles. The van der Waals surface area contributed by atoms with E-state index in [2.05, 4.69) is 20.3 Å². The smallest absolute Gasteiger partial charge is 0.254 e. The van der Waals surface area contributed by atoms with Crippen molar-refractivity contribution >= 4 is 17.2 Å². The van der Waals surface area contributed by atoms with Crippen molar-refractivity contribution in [1.29, 1.82) is 0 Å². The quantitative estimate of drug-likeness (QED) is 0.804. The molecular formula is C15H11FN4OS. The van der Waals surface area contributed by atoms with Crippen LogP contribution in [0.3, 0.4) is 0 Å². The molecule has 0 radical (unpaired) electrons. The molecule has 0 atom stereocenters. The van der Waals surface area contributed by atoms with E-state index in [4.69, 9.17) is 0 Å². The lowest BCUT2D eigenvalue weighted by molar-refractivity contribution is 0.0946. The summed E-state index contributed by atoms with van der Waals surface area (Å²) in [7, 11) is 0. The molecule has 0 unspecified atom stereocenters. The fraction of sp³-hybridized carbons (Fsp3) is 0.0667. The average Bonchev–Trinajstić information content (AvgIpc) is 3.07. The van der Waals surface area contributed by atoms with Crippen LogP contribution in [-0.4, -0.2) is 20.9 Å². The summed E-state index contributed by atoms with van der Waals surface area (Å²) in [5.74, 6) is -1.17. The minimum atomic E-state index is -0.655. The molecule has 0 bridgehead atoms. The first-order chi connectivity index (χ1) is 10.8. The van der Waals surface area contributed by atoms with E-state index in [-0.39, 0.29) is 12.1 Å². The SMILES string of the molecule is O=C(NCc1nccnc1-c1cccs1)c1ccncc1F. The van der Waals surface area contributed by atoms with Gasteiger partial charge in [-0.05, 0) is 17.5 Å². The summed E-state index contributed by atoms with van der Waals surface area (Å²) in [5, 5.41) is 4.60. The van der Waals surface area contributed by atoms with Gasteiger partial charge >= 0.3 is 0 Å². The van der Waals surface area contributed by atoms with Gasteiger partial charge in [-0.25, -0.2) is 4.39 Å². The van der Waals surface area contributed by atoms with E-state index in [1.54, 1.807) is 12.4 Å². The average molecular weight is 314 g/mol. The van der Waals surface area contributed by atoms with Crippen LogP contribution in [0.1, 0.15) is 16.1 Å². The Hall–Kier alpha value is -2.67.